The monoisotopic (exact) mass is 1760 g/mol. The van der Waals surface area contributed by atoms with Gasteiger partial charge in [-0.05, 0) is 60.8 Å². The number of esters is 5. The summed E-state index contributed by atoms with van der Waals surface area (Å²) in [4.78, 5) is 181. The summed E-state index contributed by atoms with van der Waals surface area (Å²) in [5.41, 5.74) is 6.48. The summed E-state index contributed by atoms with van der Waals surface area (Å²) < 4.78 is 173. The van der Waals surface area contributed by atoms with Crippen LogP contribution in [0.1, 0.15) is 89.3 Å². The van der Waals surface area contributed by atoms with E-state index in [-0.39, 0.29) is 64.6 Å². The smallest absolute Gasteiger partial charge is 0.481 e. The van der Waals surface area contributed by atoms with Crippen LogP contribution in [-0.4, -0.2) is 248 Å². The summed E-state index contributed by atoms with van der Waals surface area (Å²) in [6.07, 6.45) is -22.1. The Bertz CT molecular complexity index is 3750. The third kappa shape index (κ3) is 53.0. The number of methoxy groups -OCH3 is 3. The van der Waals surface area contributed by atoms with Crippen molar-refractivity contribution in [3.63, 3.8) is 0 Å². The number of nitrogens with two attached hydrogens (primary N) is 2. The Morgan fingerprint density at radius 2 is 0.739 bits per heavy atom. The van der Waals surface area contributed by atoms with Gasteiger partial charge in [-0.2, -0.15) is 31.2 Å². The zero-order valence-electron chi connectivity index (χ0n) is 63.0. The van der Waals surface area contributed by atoms with Gasteiger partial charge in [0.15, 0.2) is 6.16 Å². The van der Waals surface area contributed by atoms with Crippen molar-refractivity contribution in [1.82, 2.24) is 16.0 Å². The third-order valence-corrected chi connectivity index (χ3v) is 22.9. The van der Waals surface area contributed by atoms with E-state index in [1.165, 1.54) is 14.0 Å². The lowest BCUT2D eigenvalue weighted by molar-refractivity contribution is -0.156. The predicted octanol–water partition coefficient (Wildman–Crippen LogP) is 6.89. The van der Waals surface area contributed by atoms with Gasteiger partial charge in [0.25, 0.3) is 0 Å². The number of halogens is 6. The third-order valence-electron chi connectivity index (χ3n) is 14.1. The molecule has 0 heterocycles. The number of amides is 3. The van der Waals surface area contributed by atoms with E-state index in [9.17, 15) is 121 Å². The first-order valence-corrected chi connectivity index (χ1v) is 43.0. The number of carboxylic acid groups (broad SMARTS) is 4. The topological polar surface area (TPSA) is 634 Å². The van der Waals surface area contributed by atoms with E-state index in [1.807, 2.05) is 38.1 Å². The van der Waals surface area contributed by atoms with E-state index in [0.717, 1.165) is 25.3 Å². The molecule has 0 bridgehead atoms. The van der Waals surface area contributed by atoms with Crippen LogP contribution < -0.4 is 27.4 Å². The molecule has 50 heteroatoms. The largest absolute Gasteiger partial charge is 0.505 e. The lowest BCUT2D eigenvalue weighted by Gasteiger charge is -2.26. The summed E-state index contributed by atoms with van der Waals surface area (Å²) in [6.45, 7) is 6.78. The summed E-state index contributed by atoms with van der Waals surface area (Å²) >= 11 is 0. The molecule has 0 aliphatic heterocycles. The minimum Gasteiger partial charge on any atom is -0.481 e. The van der Waals surface area contributed by atoms with Crippen molar-refractivity contribution < 1.29 is 189 Å². The lowest BCUT2D eigenvalue weighted by Crippen LogP contribution is -2.43. The number of carbonyl (C=O) groups is 12. The zero-order chi connectivity index (χ0) is 89.1. The quantitative estimate of drug-likeness (QED) is 0.0119. The maximum Gasteiger partial charge on any atom is 0.505 e. The SMILES string of the molecule is CC.CCOC(=O)CC(C(F)(F)F)P(=O)(O)CC[C@H](NC(=O)OCc1ccccc1)C(=O)OC.CCOC(=O)CP(=O)(O)CC[C@H](NC(=O)OCc1ccccc1)C(=O)OC.COC(=O)[C@H](CC[P+](=O)O)NC(=O)OCc1ccccc1.N[C@@H](CCP(=O)(O)C(CC(=O)O)C(F)(F)F)C(=O)O.N[C@@H](CCP(=O)(O)CC(=O)O)C(=O)O. The number of hydrogen-bond donors (Lipinski definition) is 14. The van der Waals surface area contributed by atoms with Gasteiger partial charge in [-0.1, -0.05) is 105 Å². The van der Waals surface area contributed by atoms with Crippen LogP contribution in [-0.2, 0) is 124 Å². The highest BCUT2D eigenvalue weighted by atomic mass is 31.2. The number of hydrogen-bond acceptors (Lipinski definition) is 27. The van der Waals surface area contributed by atoms with Crippen molar-refractivity contribution in [3.05, 3.63) is 108 Å². The Kier molecular flexibility index (Phi) is 54.7. The van der Waals surface area contributed by atoms with E-state index in [4.69, 9.17) is 55.9 Å². The van der Waals surface area contributed by atoms with Crippen molar-refractivity contribution in [1.29, 1.82) is 0 Å². The molecule has 0 spiro atoms. The van der Waals surface area contributed by atoms with Gasteiger partial charge >= 0.3 is 92.4 Å². The highest BCUT2D eigenvalue weighted by Crippen LogP contribution is 2.56. The fraction of sp³-hybridized carbons (Fsp3) is 0.538. The number of alkyl carbamates (subject to hydrolysis) is 3. The number of rotatable bonds is 41. The maximum atomic E-state index is 13.3. The minimum atomic E-state index is -5.17. The number of aliphatic carboxylic acids is 4. The molecule has 3 amide bonds. The molecule has 3 aromatic carbocycles. The maximum absolute atomic E-state index is 13.3. The molecule has 0 aliphatic rings. The van der Waals surface area contributed by atoms with Gasteiger partial charge < -0.3 is 105 Å². The zero-order valence-corrected chi connectivity index (χ0v) is 67.5. The normalized spacial score (nSPS) is 14.8. The van der Waals surface area contributed by atoms with Crippen molar-refractivity contribution in [2.75, 3.05) is 77.7 Å². The minimum absolute atomic E-state index is 0.00118. The summed E-state index contributed by atoms with van der Waals surface area (Å²) in [5.74, 6) is -10.7. The summed E-state index contributed by atoms with van der Waals surface area (Å²) in [6, 6.07) is 19.9. The second-order valence-electron chi connectivity index (χ2n) is 23.1. The van der Waals surface area contributed by atoms with Gasteiger partial charge in [0, 0.05) is 31.1 Å². The number of benzene rings is 3. The van der Waals surface area contributed by atoms with Crippen LogP contribution in [0, 0.1) is 0 Å². The molecule has 7 unspecified atom stereocenters. The Morgan fingerprint density at radius 3 is 1.04 bits per heavy atom. The summed E-state index contributed by atoms with van der Waals surface area (Å²) in [7, 11) is -16.7. The van der Waals surface area contributed by atoms with Crippen LogP contribution >= 0.6 is 37.5 Å². The number of alkyl halides is 6. The number of nitrogens with one attached hydrogen (secondary N) is 3. The Hall–Kier alpha value is -8.98. The van der Waals surface area contributed by atoms with E-state index in [2.05, 4.69) is 39.6 Å². The first-order chi connectivity index (χ1) is 53.3. The lowest BCUT2D eigenvalue weighted by atomic mass is 10.2. The van der Waals surface area contributed by atoms with E-state index in [1.54, 1.807) is 73.7 Å². The average molecular weight is 1760 g/mol. The molecule has 16 N–H and O–H groups in total. The van der Waals surface area contributed by atoms with Gasteiger partial charge in [0.2, 0.25) is 29.5 Å². The highest BCUT2D eigenvalue weighted by molar-refractivity contribution is 7.59. The predicted molar refractivity (Wildman–Crippen MR) is 393 cm³/mol. The van der Waals surface area contributed by atoms with Crippen LogP contribution in [0.4, 0.5) is 40.7 Å². The fourth-order valence-electron chi connectivity index (χ4n) is 8.30. The molecule has 0 saturated heterocycles. The van der Waals surface area contributed by atoms with Crippen molar-refractivity contribution >= 4 is 110 Å². The molecule has 39 nitrogen and oxygen atoms in total. The second kappa shape index (κ2) is 57.1. The van der Waals surface area contributed by atoms with E-state index in [0.29, 0.717) is 5.56 Å². The molecule has 115 heavy (non-hydrogen) atoms. The van der Waals surface area contributed by atoms with Crippen molar-refractivity contribution in [2.45, 2.75) is 146 Å². The number of ether oxygens (including phenoxy) is 8. The number of carboxylic acids is 4. The van der Waals surface area contributed by atoms with Gasteiger partial charge in [-0.3, -0.25) is 47.0 Å². The fourth-order valence-corrected chi connectivity index (χ4v) is 15.0. The molecule has 0 aromatic heterocycles. The van der Waals surface area contributed by atoms with E-state index >= 15 is 0 Å². The van der Waals surface area contributed by atoms with E-state index < -0.39 is 220 Å². The van der Waals surface area contributed by atoms with Crippen molar-refractivity contribution in [2.24, 2.45) is 11.5 Å². The Balaban J connectivity index is -0.00000139. The van der Waals surface area contributed by atoms with Gasteiger partial charge in [-0.15, -0.1) is 0 Å². The first kappa shape index (κ1) is 110. The highest BCUT2D eigenvalue weighted by Gasteiger charge is 2.53. The molecule has 0 saturated carbocycles. The standard InChI is InChI=1S/C19H25F3NO8P.C17H24NO8P.C13H16NO6P.C8H13F3NO6P.C6H12NO6P.C2H6/c1-3-30-16(24)11-15(19(20,21)22)32(27,28)10-9-14(17(25)29-2)23-18(26)31-12-13-7-5-4-6-8-13;1-3-25-15(19)12-27(22,23)10-9-14(16(20)24-2)18-17(21)26-11-13-7-5-4-6-8-13;1-19-12(15)11(7-8-21(17)18)14-13(16)20-9-10-5-3-2-4-6-10;9-8(10,11)5(3-6(13)14)19(17,18)2-1-4(12)7(15)16;7-4(6(10)11)1-2-14(12,13)3-5(8)9;1-2/h4-8,14-15H,3,9-12H2,1-2H3,(H,23,26)(H,27,28);4-8,14H,3,9-12H2,1-2H3,(H,18,21)(H,22,23);2-6,11H,7-9H2,1H3,(H-,14,16,17,18);4-5H,1-3,12H2,(H,13,14)(H,15,16)(H,17,18);4H,1-3,7H2,(H,8,9)(H,10,11)(H,12,13);1-2H3/p+1/t14-,15?;14-;11-;4-,5?;4-;/m00000./s1. The molecule has 3 rings (SSSR count). The first-order valence-electron chi connectivity index (χ1n) is 33.7. The average Bonchev–Trinajstić information content (AvgIpc) is 0.803. The Labute approximate surface area is 655 Å². The van der Waals surface area contributed by atoms with Gasteiger partial charge in [-0.25, -0.2) is 28.8 Å². The van der Waals surface area contributed by atoms with Crippen LogP contribution in [0.15, 0.2) is 91.0 Å². The molecule has 3 aromatic rings. The number of carbonyl (C=O) groups excluding carboxylic acids is 8. The second-order valence-corrected chi connectivity index (χ2v) is 34.3. The van der Waals surface area contributed by atoms with Crippen LogP contribution in [0.25, 0.3) is 0 Å². The molecule has 0 fully saturated rings. The van der Waals surface area contributed by atoms with Crippen LogP contribution in [0.2, 0.25) is 0 Å². The molecular weight excluding hydrogens is 1660 g/mol. The van der Waals surface area contributed by atoms with Gasteiger partial charge in [0.05, 0.1) is 47.4 Å². The molecule has 652 valence electrons. The van der Waals surface area contributed by atoms with Crippen LogP contribution in [0.5, 0.6) is 0 Å². The summed E-state index contributed by atoms with van der Waals surface area (Å²) in [5, 5.41) is 40.1. The molecule has 0 aliphatic carbocycles. The molecular formula is C65H97F6N5O34P5+. The molecule has 12 atom stereocenters. The molecule has 0 radical (unpaired) electrons. The Morgan fingerprint density at radius 1 is 0.443 bits per heavy atom. The van der Waals surface area contributed by atoms with Gasteiger partial charge in [0.1, 0.15) is 73.7 Å². The van der Waals surface area contributed by atoms with Crippen molar-refractivity contribution in [3.8, 4) is 0 Å². The van der Waals surface area contributed by atoms with Crippen LogP contribution in [0.3, 0.4) is 0 Å².